The molecule has 1 amide bonds. The van der Waals surface area contributed by atoms with Crippen molar-refractivity contribution in [3.8, 4) is 0 Å². The van der Waals surface area contributed by atoms with Crippen molar-refractivity contribution in [2.45, 2.75) is 32.6 Å². The van der Waals surface area contributed by atoms with Crippen LogP contribution in [0.1, 0.15) is 25.2 Å². The minimum atomic E-state index is -1.06. The number of H-pyrrole nitrogens is 1. The van der Waals surface area contributed by atoms with Crippen molar-refractivity contribution in [3.63, 3.8) is 0 Å². The van der Waals surface area contributed by atoms with Gasteiger partial charge in [-0.3, -0.25) is 9.69 Å². The molecule has 3 aromatic rings. The van der Waals surface area contributed by atoms with Gasteiger partial charge in [-0.1, -0.05) is 29.8 Å². The predicted molar refractivity (Wildman–Crippen MR) is 128 cm³/mol. The summed E-state index contributed by atoms with van der Waals surface area (Å²) >= 11 is 11.6. The molecule has 2 aromatic carbocycles. The Morgan fingerprint density at radius 3 is 2.61 bits per heavy atom. The highest BCUT2D eigenvalue weighted by Crippen LogP contribution is 2.40. The zero-order valence-electron chi connectivity index (χ0n) is 17.8. The zero-order chi connectivity index (χ0) is 23.8. The Hall–Kier alpha value is -3.32. The molecular weight excluding hydrogens is 465 g/mol. The van der Waals surface area contributed by atoms with Crippen LogP contribution in [0.5, 0.6) is 0 Å². The summed E-state index contributed by atoms with van der Waals surface area (Å²) in [5.41, 5.74) is 0.437. The lowest BCUT2D eigenvalue weighted by Crippen LogP contribution is -2.44. The molecule has 1 N–H and O–H groups in total. The smallest absolute Gasteiger partial charge is 0.259 e. The Kier molecular flexibility index (Phi) is 6.17. The Morgan fingerprint density at radius 2 is 1.97 bits per heavy atom. The van der Waals surface area contributed by atoms with Crippen molar-refractivity contribution in [1.29, 1.82) is 0 Å². The number of carbonyl (C=O) groups excluding carboxylic acids is 1. The van der Waals surface area contributed by atoms with Gasteiger partial charge >= 0.3 is 0 Å². The van der Waals surface area contributed by atoms with Crippen molar-refractivity contribution in [2.24, 2.45) is 0 Å². The third-order valence-corrected chi connectivity index (χ3v) is 6.05. The van der Waals surface area contributed by atoms with E-state index in [0.717, 1.165) is 16.3 Å². The largest absolute Gasteiger partial charge is 0.369 e. The Balaban J connectivity index is 1.57. The Bertz CT molecular complexity index is 1260. The van der Waals surface area contributed by atoms with Gasteiger partial charge < -0.3 is 14.6 Å². The van der Waals surface area contributed by atoms with Gasteiger partial charge in [0.15, 0.2) is 10.9 Å². The molecule has 7 nitrogen and oxygen atoms in total. The highest BCUT2D eigenvalue weighted by molar-refractivity contribution is 7.81. The molecule has 2 heterocycles. The van der Waals surface area contributed by atoms with E-state index in [1.807, 2.05) is 24.3 Å². The van der Waals surface area contributed by atoms with E-state index >= 15 is 0 Å². The summed E-state index contributed by atoms with van der Waals surface area (Å²) < 4.78 is 20.6. The minimum absolute atomic E-state index is 0.0311. The van der Waals surface area contributed by atoms with E-state index in [-0.39, 0.29) is 21.5 Å². The molecule has 0 spiro atoms. The molecule has 1 aliphatic rings. The summed E-state index contributed by atoms with van der Waals surface area (Å²) in [4.78, 5) is 26.3. The molecule has 0 atom stereocenters. The van der Waals surface area contributed by atoms with Gasteiger partial charge in [-0.15, -0.1) is 0 Å². The first-order chi connectivity index (χ1) is 15.8. The summed E-state index contributed by atoms with van der Waals surface area (Å²) in [6.45, 7) is 11.3. The molecule has 1 saturated heterocycles. The van der Waals surface area contributed by atoms with Gasteiger partial charge in [0, 0.05) is 18.1 Å². The number of carbonyl (C=O) groups is 1. The number of ether oxygens (including phenoxy) is 1. The van der Waals surface area contributed by atoms with Crippen molar-refractivity contribution in [2.75, 3.05) is 9.80 Å². The van der Waals surface area contributed by atoms with E-state index in [1.54, 1.807) is 31.1 Å². The van der Waals surface area contributed by atoms with Crippen LogP contribution < -0.4 is 9.80 Å². The maximum Gasteiger partial charge on any atom is 0.259 e. The summed E-state index contributed by atoms with van der Waals surface area (Å²) in [6, 6.07) is 10.1. The average Bonchev–Trinajstić information content (AvgIpc) is 3.36. The predicted octanol–water partition coefficient (Wildman–Crippen LogP) is 5.39. The van der Waals surface area contributed by atoms with Crippen LogP contribution in [0.25, 0.3) is 4.85 Å². The second kappa shape index (κ2) is 8.90. The molecule has 0 saturated carbocycles. The highest BCUT2D eigenvalue weighted by atomic mass is 35.5. The van der Waals surface area contributed by atoms with E-state index in [0.29, 0.717) is 18.9 Å². The molecule has 0 radical (unpaired) electrons. The Morgan fingerprint density at radius 1 is 1.24 bits per heavy atom. The SMILES string of the molecule is [C-]#[N+]c1ccc(N2C(=O)C(C)(C)N(c3ccc(COCc4ncc[nH]4)cc3)C2=S)c(F)c1Cl. The monoisotopic (exact) mass is 483 g/mol. The number of halogens is 2. The first kappa shape index (κ1) is 22.9. The molecule has 4 rings (SSSR count). The molecule has 0 bridgehead atoms. The summed E-state index contributed by atoms with van der Waals surface area (Å²) in [7, 11) is 0. The number of thiocarbonyl (C=S) groups is 1. The van der Waals surface area contributed by atoms with E-state index < -0.39 is 17.3 Å². The maximum atomic E-state index is 14.9. The third kappa shape index (κ3) is 4.09. The van der Waals surface area contributed by atoms with E-state index in [4.69, 9.17) is 35.1 Å². The number of aromatic nitrogens is 2. The van der Waals surface area contributed by atoms with Crippen molar-refractivity contribution in [3.05, 3.63) is 82.4 Å². The second-order valence-electron chi connectivity index (χ2n) is 7.86. The highest BCUT2D eigenvalue weighted by Gasteiger charge is 2.51. The third-order valence-electron chi connectivity index (χ3n) is 5.33. The molecule has 0 unspecified atom stereocenters. The normalized spacial score (nSPS) is 15.2. The van der Waals surface area contributed by atoms with Crippen molar-refractivity contribution < 1.29 is 13.9 Å². The molecule has 1 aromatic heterocycles. The number of nitrogens with zero attached hydrogens (tertiary/aromatic N) is 4. The lowest BCUT2D eigenvalue weighted by molar-refractivity contribution is -0.120. The standard InChI is InChI=1S/C23H19ClFN5O2S/c1-23(2)21(31)29(17-9-8-16(26-3)19(24)20(17)25)22(33)30(23)15-6-4-14(5-7-15)12-32-13-18-27-10-11-28-18/h4-11H,12-13H2,1-2H3,(H,27,28). The van der Waals surface area contributed by atoms with E-state index in [2.05, 4.69) is 14.8 Å². The minimum Gasteiger partial charge on any atom is -0.369 e. The van der Waals surface area contributed by atoms with Crippen molar-refractivity contribution in [1.82, 2.24) is 9.97 Å². The first-order valence-corrected chi connectivity index (χ1v) is 10.7. The summed E-state index contributed by atoms with van der Waals surface area (Å²) in [5.74, 6) is -0.516. The molecule has 168 valence electrons. The van der Waals surface area contributed by atoms with Crippen LogP contribution in [0.4, 0.5) is 21.5 Å². The average molecular weight is 484 g/mol. The number of hydrogen-bond donors (Lipinski definition) is 1. The van der Waals surface area contributed by atoms with Crippen LogP contribution in [-0.4, -0.2) is 26.5 Å². The number of rotatable bonds is 6. The zero-order valence-corrected chi connectivity index (χ0v) is 19.4. The van der Waals surface area contributed by atoms with E-state index in [9.17, 15) is 9.18 Å². The molecule has 1 fully saturated rings. The maximum absolute atomic E-state index is 14.9. The lowest BCUT2D eigenvalue weighted by atomic mass is 10.0. The fourth-order valence-corrected chi connectivity index (χ4v) is 4.33. The Labute approximate surface area is 200 Å². The van der Waals surface area contributed by atoms with Gasteiger partial charge in [-0.2, -0.15) is 0 Å². The molecular formula is C23H19ClFN5O2S. The number of nitrogens with one attached hydrogen (secondary N) is 1. The second-order valence-corrected chi connectivity index (χ2v) is 8.60. The number of anilines is 2. The fourth-order valence-electron chi connectivity index (χ4n) is 3.61. The van der Waals surface area contributed by atoms with Crippen molar-refractivity contribution >= 4 is 51.9 Å². The number of imidazole rings is 1. The summed E-state index contributed by atoms with van der Waals surface area (Å²) in [5, 5.41) is -0.217. The fraction of sp³-hybridized carbons (Fsp3) is 0.217. The van der Waals surface area contributed by atoms with Crippen LogP contribution in [-0.2, 0) is 22.7 Å². The number of aromatic amines is 1. The van der Waals surface area contributed by atoms with E-state index in [1.165, 1.54) is 12.1 Å². The number of hydrogen-bond acceptors (Lipinski definition) is 4. The topological polar surface area (TPSA) is 65.8 Å². The van der Waals surface area contributed by atoms with Gasteiger partial charge in [0.2, 0.25) is 5.69 Å². The van der Waals surface area contributed by atoms with Gasteiger partial charge in [-0.25, -0.2) is 14.2 Å². The van der Waals surface area contributed by atoms with Crippen LogP contribution in [0, 0.1) is 12.4 Å². The molecule has 10 heteroatoms. The molecule has 33 heavy (non-hydrogen) atoms. The van der Waals surface area contributed by atoms with Gasteiger partial charge in [0.05, 0.1) is 23.9 Å². The van der Waals surface area contributed by atoms with Crippen LogP contribution >= 0.6 is 23.8 Å². The van der Waals surface area contributed by atoms with Gasteiger partial charge in [0.1, 0.15) is 18.0 Å². The first-order valence-electron chi connectivity index (χ1n) is 9.95. The lowest BCUT2D eigenvalue weighted by Gasteiger charge is -2.29. The quantitative estimate of drug-likeness (QED) is 0.376. The summed E-state index contributed by atoms with van der Waals surface area (Å²) in [6.07, 6.45) is 3.40. The molecule has 0 aliphatic carbocycles. The van der Waals surface area contributed by atoms with Crippen LogP contribution in [0.3, 0.4) is 0 Å². The van der Waals surface area contributed by atoms with Crippen LogP contribution in [0.2, 0.25) is 5.02 Å². The van der Waals surface area contributed by atoms with Crippen LogP contribution in [0.15, 0.2) is 48.8 Å². The number of benzene rings is 2. The number of amides is 1. The molecule has 1 aliphatic heterocycles. The van der Waals surface area contributed by atoms with Gasteiger partial charge in [-0.05, 0) is 49.8 Å². The van der Waals surface area contributed by atoms with Gasteiger partial charge in [0.25, 0.3) is 5.91 Å².